The lowest BCUT2D eigenvalue weighted by Crippen LogP contribution is -2.20. The molecule has 0 saturated heterocycles. The maximum Gasteiger partial charge on any atom is 0.262 e. The molecule has 2 aromatic heterocycles. The molecular weight excluding hydrogens is 376 g/mol. The molecule has 2 heterocycles. The molecule has 2 N–H and O–H groups in total. The Morgan fingerprint density at radius 2 is 1.79 bits per heavy atom. The highest BCUT2D eigenvalue weighted by Crippen LogP contribution is 2.38. The maximum atomic E-state index is 12.3. The van der Waals surface area contributed by atoms with E-state index in [2.05, 4.69) is 20.6 Å². The smallest absolute Gasteiger partial charge is 0.262 e. The highest BCUT2D eigenvalue weighted by atomic mass is 32.1. The maximum absolute atomic E-state index is 12.3. The number of fused-ring (bicyclic) bond motifs is 3. The zero-order valence-corrected chi connectivity index (χ0v) is 16.3. The van der Waals surface area contributed by atoms with Crippen molar-refractivity contribution in [3.8, 4) is 5.88 Å². The normalized spacial score (nSPS) is 13.0. The third-order valence-corrected chi connectivity index (χ3v) is 5.75. The van der Waals surface area contributed by atoms with Crippen LogP contribution in [0.1, 0.15) is 30.2 Å². The van der Waals surface area contributed by atoms with E-state index in [9.17, 15) is 9.59 Å². The molecule has 0 bridgehead atoms. The quantitative estimate of drug-likeness (QED) is 0.688. The number of anilines is 2. The molecule has 8 heteroatoms. The molecule has 0 spiro atoms. The van der Waals surface area contributed by atoms with Gasteiger partial charge < -0.3 is 15.4 Å². The molecule has 28 heavy (non-hydrogen) atoms. The van der Waals surface area contributed by atoms with Gasteiger partial charge in [-0.15, -0.1) is 11.3 Å². The Kier molecular flexibility index (Phi) is 5.21. The van der Waals surface area contributed by atoms with Crippen molar-refractivity contribution in [1.29, 1.82) is 0 Å². The molecule has 7 nitrogen and oxygen atoms in total. The van der Waals surface area contributed by atoms with Crippen molar-refractivity contribution >= 4 is 44.7 Å². The van der Waals surface area contributed by atoms with Crippen molar-refractivity contribution < 1.29 is 14.3 Å². The topological polar surface area (TPSA) is 93.2 Å². The first-order valence-corrected chi connectivity index (χ1v) is 9.97. The molecule has 3 aromatic rings. The zero-order valence-electron chi connectivity index (χ0n) is 15.4. The summed E-state index contributed by atoms with van der Waals surface area (Å²) in [5, 5.41) is 6.41. The first-order chi connectivity index (χ1) is 13.6. The number of hydrogen-bond donors (Lipinski definition) is 2. The van der Waals surface area contributed by atoms with Gasteiger partial charge in [-0.1, -0.05) is 0 Å². The van der Waals surface area contributed by atoms with Gasteiger partial charge in [0.15, 0.2) is 6.61 Å². The molecule has 1 aromatic carbocycles. The number of ether oxygens (including phenoxy) is 1. The van der Waals surface area contributed by atoms with E-state index >= 15 is 0 Å². The van der Waals surface area contributed by atoms with Gasteiger partial charge in [-0.3, -0.25) is 9.59 Å². The first-order valence-electron chi connectivity index (χ1n) is 9.15. The number of aryl methyl sites for hydroxylation is 2. The summed E-state index contributed by atoms with van der Waals surface area (Å²) in [5.74, 6) is 0.0562. The molecule has 1 aliphatic rings. The van der Waals surface area contributed by atoms with Crippen molar-refractivity contribution in [2.75, 3.05) is 17.2 Å². The van der Waals surface area contributed by atoms with E-state index in [1.54, 1.807) is 35.6 Å². The van der Waals surface area contributed by atoms with Gasteiger partial charge in [0.25, 0.3) is 5.91 Å². The monoisotopic (exact) mass is 396 g/mol. The molecule has 144 valence electrons. The van der Waals surface area contributed by atoms with Crippen LogP contribution in [0.2, 0.25) is 0 Å². The lowest BCUT2D eigenvalue weighted by molar-refractivity contribution is -0.118. The summed E-state index contributed by atoms with van der Waals surface area (Å²) >= 11 is 1.69. The van der Waals surface area contributed by atoms with Gasteiger partial charge in [-0.2, -0.15) is 0 Å². The Morgan fingerprint density at radius 3 is 2.54 bits per heavy atom. The molecule has 0 atom stereocenters. The van der Waals surface area contributed by atoms with E-state index in [0.29, 0.717) is 17.3 Å². The number of aromatic nitrogens is 2. The average Bonchev–Trinajstić information content (AvgIpc) is 3.07. The van der Waals surface area contributed by atoms with Crippen LogP contribution in [0, 0.1) is 0 Å². The molecule has 0 saturated carbocycles. The highest BCUT2D eigenvalue weighted by Gasteiger charge is 2.21. The van der Waals surface area contributed by atoms with E-state index in [4.69, 9.17) is 4.74 Å². The Hall–Kier alpha value is -3.00. The van der Waals surface area contributed by atoms with Gasteiger partial charge in [-0.05, 0) is 55.5 Å². The summed E-state index contributed by atoms with van der Waals surface area (Å²) in [6.07, 6.45) is 5.92. The second-order valence-corrected chi connectivity index (χ2v) is 7.75. The van der Waals surface area contributed by atoms with Crippen LogP contribution in [-0.4, -0.2) is 28.4 Å². The summed E-state index contributed by atoms with van der Waals surface area (Å²) in [5.41, 5.74) is 2.58. The van der Waals surface area contributed by atoms with Gasteiger partial charge in [0.05, 0.1) is 5.39 Å². The number of nitrogens with zero attached hydrogens (tertiary/aromatic N) is 2. The molecule has 2 amide bonds. The predicted molar refractivity (Wildman–Crippen MR) is 109 cm³/mol. The van der Waals surface area contributed by atoms with E-state index in [1.807, 2.05) is 0 Å². The zero-order chi connectivity index (χ0) is 19.5. The fourth-order valence-corrected chi connectivity index (χ4v) is 4.56. The summed E-state index contributed by atoms with van der Waals surface area (Å²) in [6.45, 7) is 1.31. The van der Waals surface area contributed by atoms with Crippen molar-refractivity contribution in [2.45, 2.75) is 32.6 Å². The predicted octanol–water partition coefficient (Wildman–Crippen LogP) is 3.55. The second kappa shape index (κ2) is 7.93. The SMILES string of the molecule is CC(=O)Nc1ccc(NC(=O)COc2ncnc3sc4c(c23)CCCC4)cc1. The number of hydrogen-bond acceptors (Lipinski definition) is 6. The highest BCUT2D eigenvalue weighted by molar-refractivity contribution is 7.18. The minimum absolute atomic E-state index is 0.135. The lowest BCUT2D eigenvalue weighted by Gasteiger charge is -2.12. The van der Waals surface area contributed by atoms with Crippen LogP contribution in [0.15, 0.2) is 30.6 Å². The largest absolute Gasteiger partial charge is 0.467 e. The van der Waals surface area contributed by atoms with Gasteiger partial charge >= 0.3 is 0 Å². The van der Waals surface area contributed by atoms with Crippen LogP contribution < -0.4 is 15.4 Å². The van der Waals surface area contributed by atoms with Crippen LogP contribution in [-0.2, 0) is 22.4 Å². The third-order valence-electron chi connectivity index (χ3n) is 4.55. The van der Waals surface area contributed by atoms with Crippen LogP contribution in [0.5, 0.6) is 5.88 Å². The number of carbonyl (C=O) groups is 2. The fraction of sp³-hybridized carbons (Fsp3) is 0.300. The van der Waals surface area contributed by atoms with Crippen LogP contribution >= 0.6 is 11.3 Å². The first kappa shape index (κ1) is 18.4. The summed E-state index contributed by atoms with van der Waals surface area (Å²) < 4.78 is 5.74. The molecule has 1 aliphatic carbocycles. The fourth-order valence-electron chi connectivity index (χ4n) is 3.34. The Balaban J connectivity index is 1.42. The van der Waals surface area contributed by atoms with Gasteiger partial charge in [-0.25, -0.2) is 9.97 Å². The van der Waals surface area contributed by atoms with Crippen LogP contribution in [0.25, 0.3) is 10.2 Å². The standard InChI is InChI=1S/C20H20N4O3S/c1-12(25)23-13-6-8-14(9-7-13)24-17(26)10-27-19-18-15-4-2-3-5-16(15)28-20(18)22-11-21-19/h6-9,11H,2-5,10H2,1H3,(H,23,25)(H,24,26). The summed E-state index contributed by atoms with van der Waals surface area (Å²) in [7, 11) is 0. The van der Waals surface area contributed by atoms with Crippen molar-refractivity contribution in [2.24, 2.45) is 0 Å². The number of nitrogens with one attached hydrogen (secondary N) is 2. The Bertz CT molecular complexity index is 1030. The van der Waals surface area contributed by atoms with E-state index in [0.717, 1.165) is 29.5 Å². The van der Waals surface area contributed by atoms with Crippen LogP contribution in [0.3, 0.4) is 0 Å². The minimum Gasteiger partial charge on any atom is -0.467 e. The van der Waals surface area contributed by atoms with E-state index in [-0.39, 0.29) is 18.4 Å². The molecule has 0 aliphatic heterocycles. The van der Waals surface area contributed by atoms with Crippen molar-refractivity contribution in [3.63, 3.8) is 0 Å². The summed E-state index contributed by atoms with van der Waals surface area (Å²) in [4.78, 5) is 34.2. The third kappa shape index (κ3) is 3.96. The van der Waals surface area contributed by atoms with E-state index in [1.165, 1.54) is 30.1 Å². The molecule has 4 rings (SSSR count). The Morgan fingerprint density at radius 1 is 1.07 bits per heavy atom. The molecular formula is C20H20N4O3S. The number of thiophene rings is 1. The Labute approximate surface area is 166 Å². The minimum atomic E-state index is -0.275. The molecule has 0 radical (unpaired) electrons. The van der Waals surface area contributed by atoms with Gasteiger partial charge in [0.1, 0.15) is 11.2 Å². The van der Waals surface area contributed by atoms with Crippen LogP contribution in [0.4, 0.5) is 11.4 Å². The molecule has 0 unspecified atom stereocenters. The summed E-state index contributed by atoms with van der Waals surface area (Å²) in [6, 6.07) is 6.90. The number of rotatable bonds is 5. The average molecular weight is 396 g/mol. The lowest BCUT2D eigenvalue weighted by atomic mass is 9.97. The number of benzene rings is 1. The molecule has 0 fully saturated rings. The van der Waals surface area contributed by atoms with Gasteiger partial charge in [0, 0.05) is 23.2 Å². The second-order valence-electron chi connectivity index (χ2n) is 6.67. The number of amides is 2. The van der Waals surface area contributed by atoms with Crippen molar-refractivity contribution in [3.05, 3.63) is 41.0 Å². The van der Waals surface area contributed by atoms with E-state index < -0.39 is 0 Å². The van der Waals surface area contributed by atoms with Crippen molar-refractivity contribution in [1.82, 2.24) is 9.97 Å². The van der Waals surface area contributed by atoms with Gasteiger partial charge in [0.2, 0.25) is 11.8 Å². The number of carbonyl (C=O) groups excluding carboxylic acids is 2.